The van der Waals surface area contributed by atoms with Crippen LogP contribution in [0.5, 0.6) is 0 Å². The summed E-state index contributed by atoms with van der Waals surface area (Å²) in [4.78, 5) is 0. The smallest absolute Gasteiger partial charge is 0.219 e. The van der Waals surface area contributed by atoms with Gasteiger partial charge >= 0.3 is 0 Å². The molecule has 1 N–H and O–H groups in total. The molecule has 1 rings (SSSR count). The lowest BCUT2D eigenvalue weighted by Crippen LogP contribution is -2.49. The molecule has 0 aliphatic carbocycles. The van der Waals surface area contributed by atoms with Gasteiger partial charge < -0.3 is 5.11 Å². The van der Waals surface area contributed by atoms with Crippen molar-refractivity contribution in [2.75, 3.05) is 13.2 Å². The van der Waals surface area contributed by atoms with Crippen LogP contribution in [0.4, 0.5) is 0 Å². The Labute approximate surface area is 92.3 Å². The van der Waals surface area contributed by atoms with E-state index in [9.17, 15) is 8.42 Å². The Hall–Kier alpha value is -0.130. The normalized spacial score (nSPS) is 31.5. The number of aliphatic hydroxyl groups is 1. The lowest BCUT2D eigenvalue weighted by molar-refractivity contribution is 0.197. The highest BCUT2D eigenvalue weighted by Gasteiger charge is 2.36. The maximum absolute atomic E-state index is 12.0. The molecule has 1 aliphatic rings. The van der Waals surface area contributed by atoms with Gasteiger partial charge in [0.15, 0.2) is 0 Å². The molecule has 0 aromatic rings. The summed E-state index contributed by atoms with van der Waals surface area (Å²) < 4.78 is 25.6. The Morgan fingerprint density at radius 3 is 2.60 bits per heavy atom. The predicted octanol–water partition coefficient (Wildman–Crippen LogP) is 0.817. The minimum atomic E-state index is -3.31. The van der Waals surface area contributed by atoms with Crippen LogP contribution in [0, 0.1) is 5.92 Å². The van der Waals surface area contributed by atoms with Crippen LogP contribution >= 0.6 is 0 Å². The summed E-state index contributed by atoms with van der Waals surface area (Å²) in [6.07, 6.45) is 2.00. The van der Waals surface area contributed by atoms with Crippen molar-refractivity contribution in [1.82, 2.24) is 4.31 Å². The van der Waals surface area contributed by atoms with Gasteiger partial charge in [-0.1, -0.05) is 6.92 Å². The fraction of sp³-hybridized carbons (Fsp3) is 1.00. The highest BCUT2D eigenvalue weighted by atomic mass is 32.2. The molecule has 0 aromatic carbocycles. The summed E-state index contributed by atoms with van der Waals surface area (Å²) in [5.74, 6) is 0.402. The van der Waals surface area contributed by atoms with Crippen LogP contribution in [0.15, 0.2) is 0 Å². The number of rotatable bonds is 3. The van der Waals surface area contributed by atoms with Crippen LogP contribution in [0.3, 0.4) is 0 Å². The monoisotopic (exact) mass is 235 g/mol. The molecule has 90 valence electrons. The highest BCUT2D eigenvalue weighted by molar-refractivity contribution is 7.89. The van der Waals surface area contributed by atoms with Crippen molar-refractivity contribution >= 4 is 10.0 Å². The van der Waals surface area contributed by atoms with Gasteiger partial charge in [-0.05, 0) is 32.6 Å². The molecule has 1 heterocycles. The zero-order valence-corrected chi connectivity index (χ0v) is 10.5. The van der Waals surface area contributed by atoms with Gasteiger partial charge in [-0.15, -0.1) is 0 Å². The second-order valence-corrected chi connectivity index (χ2v) is 6.81. The van der Waals surface area contributed by atoms with Gasteiger partial charge in [-0.2, -0.15) is 4.31 Å². The predicted molar refractivity (Wildman–Crippen MR) is 60.0 cm³/mol. The maximum atomic E-state index is 12.0. The molecular weight excluding hydrogens is 214 g/mol. The average molecular weight is 235 g/mol. The topological polar surface area (TPSA) is 57.6 Å². The number of piperidine rings is 1. The first-order chi connectivity index (χ1) is 6.91. The summed E-state index contributed by atoms with van der Waals surface area (Å²) in [5.41, 5.74) is 0. The van der Waals surface area contributed by atoms with Crippen molar-refractivity contribution in [3.05, 3.63) is 0 Å². The molecule has 0 amide bonds. The third kappa shape index (κ3) is 2.52. The average Bonchev–Trinajstić information content (AvgIpc) is 2.20. The van der Waals surface area contributed by atoms with Crippen molar-refractivity contribution in [3.63, 3.8) is 0 Å². The Kier molecular flexibility index (Phi) is 4.14. The molecule has 1 saturated heterocycles. The lowest BCUT2D eigenvalue weighted by atomic mass is 9.94. The van der Waals surface area contributed by atoms with Crippen LogP contribution in [-0.4, -0.2) is 42.3 Å². The van der Waals surface area contributed by atoms with Crippen molar-refractivity contribution in [2.24, 2.45) is 5.92 Å². The van der Waals surface area contributed by atoms with Crippen LogP contribution in [0.1, 0.15) is 33.6 Å². The van der Waals surface area contributed by atoms with E-state index in [1.54, 1.807) is 11.2 Å². The molecule has 5 heteroatoms. The van der Waals surface area contributed by atoms with Crippen molar-refractivity contribution < 1.29 is 13.5 Å². The number of aliphatic hydroxyl groups excluding tert-OH is 1. The fourth-order valence-electron chi connectivity index (χ4n) is 1.98. The van der Waals surface area contributed by atoms with E-state index < -0.39 is 15.3 Å². The largest absolute Gasteiger partial charge is 0.395 e. The van der Waals surface area contributed by atoms with Gasteiger partial charge in [0, 0.05) is 12.6 Å². The zero-order chi connectivity index (χ0) is 11.6. The van der Waals surface area contributed by atoms with Crippen LogP contribution in [0.25, 0.3) is 0 Å². The Morgan fingerprint density at radius 2 is 2.07 bits per heavy atom. The maximum Gasteiger partial charge on any atom is 0.219 e. The van der Waals surface area contributed by atoms with Gasteiger partial charge in [-0.3, -0.25) is 0 Å². The Bertz CT molecular complexity index is 302. The number of sulfonamides is 1. The molecule has 0 radical (unpaired) electrons. The van der Waals surface area contributed by atoms with Crippen molar-refractivity contribution in [3.8, 4) is 0 Å². The summed E-state index contributed by atoms with van der Waals surface area (Å²) in [7, 11) is -3.31. The molecule has 1 aliphatic heterocycles. The Balaban J connectivity index is 2.86. The minimum absolute atomic E-state index is 0.0535. The lowest BCUT2D eigenvalue weighted by Gasteiger charge is -2.38. The van der Waals surface area contributed by atoms with E-state index in [1.807, 2.05) is 6.92 Å². The van der Waals surface area contributed by atoms with E-state index in [0.717, 1.165) is 12.8 Å². The fourth-order valence-corrected chi connectivity index (χ4v) is 3.69. The van der Waals surface area contributed by atoms with Gasteiger partial charge in [0.1, 0.15) is 0 Å². The number of hydrogen-bond acceptors (Lipinski definition) is 3. The first-order valence-corrected chi connectivity index (χ1v) is 7.03. The van der Waals surface area contributed by atoms with Gasteiger partial charge in [0.05, 0.1) is 11.9 Å². The number of nitrogens with zero attached hydrogens (tertiary/aromatic N) is 1. The standard InChI is InChI=1S/C10H21NO3S/c1-8-5-4-6-11(10(8)3)15(13,14)9(2)7-12/h8-10,12H,4-7H2,1-3H3. The van der Waals surface area contributed by atoms with Gasteiger partial charge in [0.2, 0.25) is 10.0 Å². The molecule has 3 unspecified atom stereocenters. The first-order valence-electron chi connectivity index (χ1n) is 5.52. The molecule has 1 fully saturated rings. The molecule has 0 spiro atoms. The molecule has 0 aromatic heterocycles. The van der Waals surface area contributed by atoms with Crippen LogP contribution in [0.2, 0.25) is 0 Å². The Morgan fingerprint density at radius 1 is 1.47 bits per heavy atom. The SMILES string of the molecule is CC1CCCN(S(=O)(=O)C(C)CO)C1C. The summed E-state index contributed by atoms with van der Waals surface area (Å²) in [6.45, 7) is 5.88. The summed E-state index contributed by atoms with van der Waals surface area (Å²) >= 11 is 0. The van der Waals surface area contributed by atoms with E-state index in [4.69, 9.17) is 5.11 Å². The second-order valence-electron chi connectivity index (χ2n) is 4.51. The van der Waals surface area contributed by atoms with E-state index >= 15 is 0 Å². The summed E-state index contributed by atoms with van der Waals surface area (Å²) in [5, 5.41) is 8.26. The first kappa shape index (κ1) is 12.9. The third-order valence-electron chi connectivity index (χ3n) is 3.41. The zero-order valence-electron chi connectivity index (χ0n) is 9.68. The van der Waals surface area contributed by atoms with Crippen molar-refractivity contribution in [1.29, 1.82) is 0 Å². The van der Waals surface area contributed by atoms with E-state index in [2.05, 4.69) is 6.92 Å². The highest BCUT2D eigenvalue weighted by Crippen LogP contribution is 2.26. The molecular formula is C10H21NO3S. The van der Waals surface area contributed by atoms with E-state index in [0.29, 0.717) is 12.5 Å². The van der Waals surface area contributed by atoms with Crippen LogP contribution in [-0.2, 0) is 10.0 Å². The summed E-state index contributed by atoms with van der Waals surface area (Å²) in [6, 6.07) is 0.0535. The minimum Gasteiger partial charge on any atom is -0.395 e. The third-order valence-corrected chi connectivity index (χ3v) is 5.74. The molecule has 15 heavy (non-hydrogen) atoms. The van der Waals surface area contributed by atoms with E-state index in [1.165, 1.54) is 0 Å². The molecule has 0 saturated carbocycles. The van der Waals surface area contributed by atoms with Gasteiger partial charge in [-0.25, -0.2) is 8.42 Å². The molecule has 3 atom stereocenters. The van der Waals surface area contributed by atoms with Crippen LogP contribution < -0.4 is 0 Å². The molecule has 4 nitrogen and oxygen atoms in total. The number of hydrogen-bond donors (Lipinski definition) is 1. The second kappa shape index (κ2) is 4.80. The van der Waals surface area contributed by atoms with Gasteiger partial charge in [0.25, 0.3) is 0 Å². The van der Waals surface area contributed by atoms with E-state index in [-0.39, 0.29) is 12.6 Å². The molecule has 0 bridgehead atoms. The quantitative estimate of drug-likeness (QED) is 0.788. The van der Waals surface area contributed by atoms with Crippen molar-refractivity contribution in [2.45, 2.75) is 44.9 Å².